The number of anilines is 3. The number of nitriles is 1. The van der Waals surface area contributed by atoms with Crippen LogP contribution in [0.2, 0.25) is 0 Å². The normalized spacial score (nSPS) is 11.4. The number of rotatable bonds is 5. The molecule has 3 aromatic rings. The zero-order valence-corrected chi connectivity index (χ0v) is 14.2. The number of nitrogens with one attached hydrogen (secondary N) is 2. The molecule has 5 heteroatoms. The molecule has 0 aliphatic rings. The summed E-state index contributed by atoms with van der Waals surface area (Å²) < 4.78 is 0. The third-order valence-corrected chi connectivity index (χ3v) is 3.79. The fraction of sp³-hybridized carbons (Fsp3) is 0.150. The van der Waals surface area contributed by atoms with Crippen LogP contribution in [0, 0.1) is 18.3 Å². The summed E-state index contributed by atoms with van der Waals surface area (Å²) >= 11 is 0. The van der Waals surface area contributed by atoms with Gasteiger partial charge in [0.2, 0.25) is 0 Å². The SMILES string of the molecule is Cc1nc(Nc2ccc(C#N)cc2)cc(NC(C)c2ccccc2)n1. The van der Waals surface area contributed by atoms with Gasteiger partial charge in [-0.15, -0.1) is 0 Å². The van der Waals surface area contributed by atoms with Crippen LogP contribution in [0.1, 0.15) is 29.9 Å². The first kappa shape index (κ1) is 16.5. The van der Waals surface area contributed by atoms with Crippen molar-refractivity contribution in [3.05, 3.63) is 77.6 Å². The Balaban J connectivity index is 1.77. The predicted molar refractivity (Wildman–Crippen MR) is 99.7 cm³/mol. The second kappa shape index (κ2) is 7.45. The van der Waals surface area contributed by atoms with Crippen LogP contribution in [0.3, 0.4) is 0 Å². The summed E-state index contributed by atoms with van der Waals surface area (Å²) in [6.45, 7) is 3.96. The standard InChI is InChI=1S/C20H19N5/c1-14(17-6-4-3-5-7-17)22-19-12-20(24-15(2)23-19)25-18-10-8-16(13-21)9-11-18/h3-12,14H,1-2H3,(H2,22,23,24,25). The van der Waals surface area contributed by atoms with Crippen LogP contribution in [0.15, 0.2) is 60.7 Å². The van der Waals surface area contributed by atoms with E-state index in [1.165, 1.54) is 5.56 Å². The first-order chi connectivity index (χ1) is 12.1. The molecular formula is C20H19N5. The van der Waals surface area contributed by atoms with Crippen molar-refractivity contribution in [1.29, 1.82) is 5.26 Å². The molecule has 0 saturated heterocycles. The Morgan fingerprint density at radius 3 is 2.32 bits per heavy atom. The Labute approximate surface area is 147 Å². The smallest absolute Gasteiger partial charge is 0.136 e. The van der Waals surface area contributed by atoms with Gasteiger partial charge in [-0.05, 0) is 43.7 Å². The molecule has 3 rings (SSSR count). The minimum Gasteiger partial charge on any atom is -0.363 e. The van der Waals surface area contributed by atoms with E-state index in [9.17, 15) is 0 Å². The van der Waals surface area contributed by atoms with E-state index in [0.29, 0.717) is 17.2 Å². The van der Waals surface area contributed by atoms with Gasteiger partial charge in [-0.2, -0.15) is 5.26 Å². The molecule has 0 fully saturated rings. The number of nitrogens with zero attached hydrogens (tertiary/aromatic N) is 3. The maximum absolute atomic E-state index is 8.87. The summed E-state index contributed by atoms with van der Waals surface area (Å²) in [6.07, 6.45) is 0. The number of aryl methyl sites for hydroxylation is 1. The van der Waals surface area contributed by atoms with Gasteiger partial charge in [0, 0.05) is 17.8 Å². The lowest BCUT2D eigenvalue weighted by atomic mass is 10.1. The summed E-state index contributed by atoms with van der Waals surface area (Å²) in [6, 6.07) is 21.6. The average Bonchev–Trinajstić information content (AvgIpc) is 2.62. The second-order valence-corrected chi connectivity index (χ2v) is 5.78. The molecule has 0 amide bonds. The van der Waals surface area contributed by atoms with Gasteiger partial charge >= 0.3 is 0 Å². The van der Waals surface area contributed by atoms with Crippen molar-refractivity contribution in [3.63, 3.8) is 0 Å². The fourth-order valence-electron chi connectivity index (χ4n) is 2.53. The fourth-order valence-corrected chi connectivity index (χ4v) is 2.53. The van der Waals surface area contributed by atoms with E-state index in [4.69, 9.17) is 5.26 Å². The maximum atomic E-state index is 8.87. The first-order valence-electron chi connectivity index (χ1n) is 8.08. The molecule has 0 radical (unpaired) electrons. The zero-order valence-electron chi connectivity index (χ0n) is 14.2. The Bertz CT molecular complexity index is 882. The van der Waals surface area contributed by atoms with Gasteiger partial charge in [-0.1, -0.05) is 30.3 Å². The van der Waals surface area contributed by atoms with Gasteiger partial charge in [-0.3, -0.25) is 0 Å². The second-order valence-electron chi connectivity index (χ2n) is 5.78. The lowest BCUT2D eigenvalue weighted by Gasteiger charge is -2.16. The molecule has 1 heterocycles. The number of benzene rings is 2. The summed E-state index contributed by atoms with van der Waals surface area (Å²) in [7, 11) is 0. The van der Waals surface area contributed by atoms with Crippen molar-refractivity contribution >= 4 is 17.3 Å². The summed E-state index contributed by atoms with van der Waals surface area (Å²) in [4.78, 5) is 8.89. The van der Waals surface area contributed by atoms with Crippen LogP contribution in [-0.2, 0) is 0 Å². The summed E-state index contributed by atoms with van der Waals surface area (Å²) in [5, 5.41) is 15.5. The van der Waals surface area contributed by atoms with Crippen LogP contribution in [0.25, 0.3) is 0 Å². The molecule has 2 aromatic carbocycles. The third-order valence-electron chi connectivity index (χ3n) is 3.79. The predicted octanol–water partition coefficient (Wildman–Crippen LogP) is 4.57. The number of hydrogen-bond donors (Lipinski definition) is 2. The van der Waals surface area contributed by atoms with E-state index in [0.717, 1.165) is 11.5 Å². The van der Waals surface area contributed by atoms with Crippen molar-refractivity contribution in [2.45, 2.75) is 19.9 Å². The molecule has 1 atom stereocenters. The highest BCUT2D eigenvalue weighted by Gasteiger charge is 2.08. The molecule has 1 aromatic heterocycles. The average molecular weight is 329 g/mol. The molecule has 124 valence electrons. The molecule has 0 bridgehead atoms. The molecule has 1 unspecified atom stereocenters. The lowest BCUT2D eigenvalue weighted by Crippen LogP contribution is -2.09. The van der Waals surface area contributed by atoms with E-state index in [-0.39, 0.29) is 6.04 Å². The molecule has 5 nitrogen and oxygen atoms in total. The number of hydrogen-bond acceptors (Lipinski definition) is 5. The summed E-state index contributed by atoms with van der Waals surface area (Å²) in [5.74, 6) is 2.15. The van der Waals surface area contributed by atoms with E-state index in [1.807, 2.05) is 43.3 Å². The zero-order chi connectivity index (χ0) is 17.6. The molecule has 25 heavy (non-hydrogen) atoms. The Morgan fingerprint density at radius 2 is 1.64 bits per heavy atom. The van der Waals surface area contributed by atoms with E-state index in [1.54, 1.807) is 12.1 Å². The van der Waals surface area contributed by atoms with Crippen LogP contribution in [0.5, 0.6) is 0 Å². The number of aromatic nitrogens is 2. The maximum Gasteiger partial charge on any atom is 0.136 e. The molecule has 0 saturated carbocycles. The van der Waals surface area contributed by atoms with Crippen molar-refractivity contribution in [2.75, 3.05) is 10.6 Å². The van der Waals surface area contributed by atoms with Gasteiger partial charge in [0.05, 0.1) is 11.6 Å². The van der Waals surface area contributed by atoms with Gasteiger partial charge in [0.25, 0.3) is 0 Å². The minimum absolute atomic E-state index is 0.137. The largest absolute Gasteiger partial charge is 0.363 e. The molecule has 2 N–H and O–H groups in total. The summed E-state index contributed by atoms with van der Waals surface area (Å²) in [5.41, 5.74) is 2.70. The molecular weight excluding hydrogens is 310 g/mol. The van der Waals surface area contributed by atoms with Gasteiger partial charge in [0.15, 0.2) is 0 Å². The highest BCUT2D eigenvalue weighted by atomic mass is 15.1. The van der Waals surface area contributed by atoms with Crippen LogP contribution in [-0.4, -0.2) is 9.97 Å². The molecule has 0 aliphatic heterocycles. The first-order valence-corrected chi connectivity index (χ1v) is 8.08. The van der Waals surface area contributed by atoms with Crippen molar-refractivity contribution in [2.24, 2.45) is 0 Å². The Morgan fingerprint density at radius 1 is 0.960 bits per heavy atom. The highest BCUT2D eigenvalue weighted by molar-refractivity contribution is 5.60. The van der Waals surface area contributed by atoms with Crippen LogP contribution >= 0.6 is 0 Å². The van der Waals surface area contributed by atoms with Gasteiger partial charge in [0.1, 0.15) is 17.5 Å². The van der Waals surface area contributed by atoms with Crippen molar-refractivity contribution in [3.8, 4) is 6.07 Å². The van der Waals surface area contributed by atoms with E-state index < -0.39 is 0 Å². The van der Waals surface area contributed by atoms with Gasteiger partial charge in [-0.25, -0.2) is 9.97 Å². The highest BCUT2D eigenvalue weighted by Crippen LogP contribution is 2.21. The Kier molecular flexibility index (Phi) is 4.91. The van der Waals surface area contributed by atoms with Crippen LogP contribution in [0.4, 0.5) is 17.3 Å². The van der Waals surface area contributed by atoms with E-state index >= 15 is 0 Å². The Hall–Kier alpha value is -3.39. The van der Waals surface area contributed by atoms with Gasteiger partial charge < -0.3 is 10.6 Å². The van der Waals surface area contributed by atoms with E-state index in [2.05, 4.69) is 45.7 Å². The van der Waals surface area contributed by atoms with Crippen LogP contribution < -0.4 is 10.6 Å². The third kappa shape index (κ3) is 4.33. The minimum atomic E-state index is 0.137. The quantitative estimate of drug-likeness (QED) is 0.717. The molecule has 0 spiro atoms. The topological polar surface area (TPSA) is 73.6 Å². The molecule has 0 aliphatic carbocycles. The monoisotopic (exact) mass is 329 g/mol. The van der Waals surface area contributed by atoms with Crippen molar-refractivity contribution < 1.29 is 0 Å². The lowest BCUT2D eigenvalue weighted by molar-refractivity contribution is 0.867. The van der Waals surface area contributed by atoms with Crippen molar-refractivity contribution in [1.82, 2.24) is 9.97 Å².